The summed E-state index contributed by atoms with van der Waals surface area (Å²) in [7, 11) is 0. The van der Waals surface area contributed by atoms with E-state index in [0.717, 1.165) is 15.2 Å². The van der Waals surface area contributed by atoms with Crippen LogP contribution in [0.4, 0.5) is 0 Å². The van der Waals surface area contributed by atoms with Gasteiger partial charge in [0, 0.05) is 4.47 Å². The standard InChI is InChI=1S/C13H13BrO3/c14-12-9-4-2-1-3-8(9)5-6-10(12)13(17)11(16)7-15/h1-6,11,13,15-17H,7H2. The molecule has 90 valence electrons. The van der Waals surface area contributed by atoms with Crippen LogP contribution in [0.15, 0.2) is 40.9 Å². The quantitative estimate of drug-likeness (QED) is 0.812. The molecule has 0 aliphatic rings. The maximum atomic E-state index is 9.89. The van der Waals surface area contributed by atoms with Crippen molar-refractivity contribution in [3.8, 4) is 0 Å². The van der Waals surface area contributed by atoms with Gasteiger partial charge in [-0.3, -0.25) is 0 Å². The largest absolute Gasteiger partial charge is 0.394 e. The molecule has 0 radical (unpaired) electrons. The fraction of sp³-hybridized carbons (Fsp3) is 0.231. The normalized spacial score (nSPS) is 14.8. The molecule has 0 saturated heterocycles. The summed E-state index contributed by atoms with van der Waals surface area (Å²) in [5, 5.41) is 30.2. The zero-order valence-corrected chi connectivity index (χ0v) is 10.6. The van der Waals surface area contributed by atoms with Crippen LogP contribution in [0.1, 0.15) is 11.7 Å². The summed E-state index contributed by atoms with van der Waals surface area (Å²) in [4.78, 5) is 0. The smallest absolute Gasteiger partial charge is 0.108 e. The third-order valence-electron chi connectivity index (χ3n) is 2.76. The van der Waals surface area contributed by atoms with Crippen LogP contribution < -0.4 is 0 Å². The molecule has 2 aromatic carbocycles. The molecule has 3 nitrogen and oxygen atoms in total. The van der Waals surface area contributed by atoms with Gasteiger partial charge in [-0.2, -0.15) is 0 Å². The highest BCUT2D eigenvalue weighted by molar-refractivity contribution is 9.10. The number of fused-ring (bicyclic) bond motifs is 1. The van der Waals surface area contributed by atoms with Crippen LogP contribution in [0.2, 0.25) is 0 Å². The summed E-state index contributed by atoms with van der Waals surface area (Å²) in [6, 6.07) is 11.4. The van der Waals surface area contributed by atoms with Crippen molar-refractivity contribution in [1.82, 2.24) is 0 Å². The van der Waals surface area contributed by atoms with Gasteiger partial charge in [0.05, 0.1) is 6.61 Å². The Morgan fingerprint density at radius 1 is 1.06 bits per heavy atom. The first kappa shape index (κ1) is 12.5. The summed E-state index contributed by atoms with van der Waals surface area (Å²) in [5.41, 5.74) is 0.574. The van der Waals surface area contributed by atoms with Crippen LogP contribution in [0.3, 0.4) is 0 Å². The second-order valence-electron chi connectivity index (χ2n) is 3.88. The minimum atomic E-state index is -1.17. The molecule has 0 aromatic heterocycles. The van der Waals surface area contributed by atoms with Gasteiger partial charge < -0.3 is 15.3 Å². The first-order chi connectivity index (χ1) is 8.15. The Bertz CT molecular complexity index is 527. The number of benzene rings is 2. The van der Waals surface area contributed by atoms with Crippen molar-refractivity contribution in [2.45, 2.75) is 12.2 Å². The molecule has 0 fully saturated rings. The third-order valence-corrected chi connectivity index (χ3v) is 3.65. The van der Waals surface area contributed by atoms with E-state index >= 15 is 0 Å². The van der Waals surface area contributed by atoms with Crippen molar-refractivity contribution in [2.24, 2.45) is 0 Å². The summed E-state index contributed by atoms with van der Waals surface area (Å²) in [5.74, 6) is 0. The highest BCUT2D eigenvalue weighted by atomic mass is 79.9. The second kappa shape index (κ2) is 5.14. The van der Waals surface area contributed by atoms with Gasteiger partial charge in [-0.25, -0.2) is 0 Å². The molecule has 17 heavy (non-hydrogen) atoms. The first-order valence-electron chi connectivity index (χ1n) is 5.29. The number of rotatable bonds is 3. The van der Waals surface area contributed by atoms with E-state index in [9.17, 15) is 10.2 Å². The molecule has 0 heterocycles. The molecule has 0 spiro atoms. The first-order valence-corrected chi connectivity index (χ1v) is 6.08. The van der Waals surface area contributed by atoms with Gasteiger partial charge in [0.15, 0.2) is 0 Å². The van der Waals surface area contributed by atoms with Crippen LogP contribution in [-0.4, -0.2) is 28.0 Å². The van der Waals surface area contributed by atoms with Crippen molar-refractivity contribution >= 4 is 26.7 Å². The number of hydrogen-bond donors (Lipinski definition) is 3. The molecule has 0 aliphatic carbocycles. The van der Waals surface area contributed by atoms with Gasteiger partial charge in [-0.05, 0) is 32.3 Å². The Morgan fingerprint density at radius 3 is 2.47 bits per heavy atom. The van der Waals surface area contributed by atoms with E-state index < -0.39 is 18.8 Å². The van der Waals surface area contributed by atoms with Gasteiger partial charge in [0.1, 0.15) is 12.2 Å². The topological polar surface area (TPSA) is 60.7 Å². The van der Waals surface area contributed by atoms with E-state index in [4.69, 9.17) is 5.11 Å². The molecule has 2 atom stereocenters. The maximum Gasteiger partial charge on any atom is 0.108 e. The van der Waals surface area contributed by atoms with E-state index in [1.54, 1.807) is 6.07 Å². The van der Waals surface area contributed by atoms with Crippen molar-refractivity contribution < 1.29 is 15.3 Å². The lowest BCUT2D eigenvalue weighted by Crippen LogP contribution is -2.22. The Morgan fingerprint density at radius 2 is 1.76 bits per heavy atom. The fourth-order valence-electron chi connectivity index (χ4n) is 1.79. The maximum absolute atomic E-state index is 9.89. The monoisotopic (exact) mass is 296 g/mol. The predicted octanol–water partition coefficient (Wildman–Crippen LogP) is 1.99. The molecule has 0 amide bonds. The Hall–Kier alpha value is -0.940. The summed E-state index contributed by atoms with van der Waals surface area (Å²) < 4.78 is 0.746. The molecule has 0 saturated carbocycles. The minimum absolute atomic E-state index is 0.472. The highest BCUT2D eigenvalue weighted by Gasteiger charge is 2.20. The van der Waals surface area contributed by atoms with Gasteiger partial charge >= 0.3 is 0 Å². The van der Waals surface area contributed by atoms with E-state index in [2.05, 4.69) is 15.9 Å². The van der Waals surface area contributed by atoms with Crippen molar-refractivity contribution in [3.05, 3.63) is 46.4 Å². The lowest BCUT2D eigenvalue weighted by Gasteiger charge is -2.18. The second-order valence-corrected chi connectivity index (χ2v) is 4.68. The fourth-order valence-corrected chi connectivity index (χ4v) is 2.51. The van der Waals surface area contributed by atoms with Crippen molar-refractivity contribution in [1.29, 1.82) is 0 Å². The Balaban J connectivity index is 2.52. The summed E-state index contributed by atoms with van der Waals surface area (Å²) >= 11 is 3.43. The zero-order chi connectivity index (χ0) is 12.4. The number of halogens is 1. The highest BCUT2D eigenvalue weighted by Crippen LogP contribution is 2.32. The summed E-state index contributed by atoms with van der Waals surface area (Å²) in [6.07, 6.45) is -2.27. The molecular formula is C13H13BrO3. The minimum Gasteiger partial charge on any atom is -0.394 e. The molecule has 2 aromatic rings. The van der Waals surface area contributed by atoms with E-state index in [1.807, 2.05) is 30.3 Å². The van der Waals surface area contributed by atoms with Gasteiger partial charge in [-0.1, -0.05) is 36.4 Å². The predicted molar refractivity (Wildman–Crippen MR) is 69.7 cm³/mol. The lowest BCUT2D eigenvalue weighted by molar-refractivity contribution is -0.0155. The molecule has 2 rings (SSSR count). The van der Waals surface area contributed by atoms with E-state index in [0.29, 0.717) is 5.56 Å². The van der Waals surface area contributed by atoms with Gasteiger partial charge in [0.2, 0.25) is 0 Å². The van der Waals surface area contributed by atoms with Gasteiger partial charge in [-0.15, -0.1) is 0 Å². The molecule has 0 bridgehead atoms. The molecule has 0 aliphatic heterocycles. The van der Waals surface area contributed by atoms with Gasteiger partial charge in [0.25, 0.3) is 0 Å². The van der Waals surface area contributed by atoms with Crippen molar-refractivity contribution in [3.63, 3.8) is 0 Å². The molecule has 2 unspecified atom stereocenters. The lowest BCUT2D eigenvalue weighted by atomic mass is 10.0. The summed E-state index contributed by atoms with van der Waals surface area (Å²) in [6.45, 7) is -0.472. The van der Waals surface area contributed by atoms with E-state index in [1.165, 1.54) is 0 Å². The van der Waals surface area contributed by atoms with Crippen LogP contribution in [0.25, 0.3) is 10.8 Å². The average molecular weight is 297 g/mol. The molecule has 4 heteroatoms. The molecular weight excluding hydrogens is 284 g/mol. The average Bonchev–Trinajstić information content (AvgIpc) is 2.38. The van der Waals surface area contributed by atoms with Crippen LogP contribution in [-0.2, 0) is 0 Å². The Kier molecular flexibility index (Phi) is 3.79. The third kappa shape index (κ3) is 2.35. The van der Waals surface area contributed by atoms with Crippen LogP contribution in [0.5, 0.6) is 0 Å². The van der Waals surface area contributed by atoms with Crippen LogP contribution in [0, 0.1) is 0 Å². The number of aliphatic hydroxyl groups excluding tert-OH is 3. The van der Waals surface area contributed by atoms with Crippen molar-refractivity contribution in [2.75, 3.05) is 6.61 Å². The Labute approximate surface area is 107 Å². The van der Waals surface area contributed by atoms with E-state index in [-0.39, 0.29) is 0 Å². The SMILES string of the molecule is OCC(O)C(O)c1ccc2ccccc2c1Br. The zero-order valence-electron chi connectivity index (χ0n) is 9.05. The number of hydrogen-bond acceptors (Lipinski definition) is 3. The molecule has 3 N–H and O–H groups in total. The number of aliphatic hydroxyl groups is 3. The van der Waals surface area contributed by atoms with Crippen LogP contribution >= 0.6 is 15.9 Å².